The number of ketones is 1. The number of halogens is 4. The fourth-order valence-electron chi connectivity index (χ4n) is 4.09. The van der Waals surface area contributed by atoms with Gasteiger partial charge in [-0.2, -0.15) is 0 Å². The number of hydrogen-bond donors (Lipinski definition) is 2. The van der Waals surface area contributed by atoms with Crippen molar-refractivity contribution >= 4 is 70.2 Å². The Labute approximate surface area is 235 Å². The highest BCUT2D eigenvalue weighted by Crippen LogP contribution is 2.28. The van der Waals surface area contributed by atoms with E-state index in [9.17, 15) is 9.59 Å². The Morgan fingerprint density at radius 2 is 1.35 bits per heavy atom. The predicted octanol–water partition coefficient (Wildman–Crippen LogP) is 6.25. The first-order chi connectivity index (χ1) is 17.7. The molecular formula is C28H23Cl4N3O2. The largest absolute Gasteiger partial charge is 0.332 e. The molecule has 1 atom stereocenters. The van der Waals surface area contributed by atoms with E-state index in [-0.39, 0.29) is 24.8 Å². The van der Waals surface area contributed by atoms with Gasteiger partial charge in [-0.05, 0) is 59.5 Å². The summed E-state index contributed by atoms with van der Waals surface area (Å²) in [5.41, 5.74) is 5.85. The van der Waals surface area contributed by atoms with Crippen LogP contribution < -0.4 is 11.3 Å². The lowest BCUT2D eigenvalue weighted by molar-refractivity contribution is -0.133. The molecule has 1 heterocycles. The van der Waals surface area contributed by atoms with E-state index in [2.05, 4.69) is 5.43 Å². The van der Waals surface area contributed by atoms with Gasteiger partial charge >= 0.3 is 0 Å². The van der Waals surface area contributed by atoms with Crippen molar-refractivity contribution in [2.24, 2.45) is 5.84 Å². The number of carbonyl (C=O) groups excluding carboxylic acids is 2. The number of Topliss-reactive ketones (excluding diaryl/α,β-unsaturated/α-hetero) is 1. The number of nitrogens with one attached hydrogen (secondary N) is 1. The van der Waals surface area contributed by atoms with Gasteiger partial charge in [0, 0.05) is 24.2 Å². The van der Waals surface area contributed by atoms with Gasteiger partial charge in [0.2, 0.25) is 5.91 Å². The van der Waals surface area contributed by atoms with Crippen molar-refractivity contribution in [3.8, 4) is 0 Å². The van der Waals surface area contributed by atoms with E-state index in [1.54, 1.807) is 53.5 Å². The number of hydrogen-bond acceptors (Lipinski definition) is 4. The highest BCUT2D eigenvalue weighted by molar-refractivity contribution is 6.42. The van der Waals surface area contributed by atoms with Gasteiger partial charge in [0.1, 0.15) is 6.04 Å². The van der Waals surface area contributed by atoms with E-state index in [1.165, 1.54) is 0 Å². The van der Waals surface area contributed by atoms with E-state index in [0.717, 1.165) is 5.56 Å². The molecule has 3 aromatic carbocycles. The summed E-state index contributed by atoms with van der Waals surface area (Å²) in [5, 5.41) is 1.56. The Hall–Kier alpha value is -2.64. The van der Waals surface area contributed by atoms with E-state index in [0.29, 0.717) is 48.8 Å². The Bertz CT molecular complexity index is 1320. The molecule has 3 N–H and O–H groups in total. The zero-order chi connectivity index (χ0) is 26.5. The lowest BCUT2D eigenvalue weighted by Crippen LogP contribution is -2.53. The van der Waals surface area contributed by atoms with Crippen molar-refractivity contribution in [1.82, 2.24) is 10.3 Å². The molecule has 3 aromatic rings. The molecule has 5 nitrogen and oxygen atoms in total. The fourth-order valence-corrected chi connectivity index (χ4v) is 4.70. The number of piperidine rings is 1. The topological polar surface area (TPSA) is 75.4 Å². The first kappa shape index (κ1) is 27.4. The molecule has 0 saturated carbocycles. The fraction of sp³-hybridized carbons (Fsp3) is 0.143. The van der Waals surface area contributed by atoms with Crippen LogP contribution in [-0.4, -0.2) is 35.7 Å². The van der Waals surface area contributed by atoms with E-state index in [1.807, 2.05) is 30.3 Å². The molecule has 190 valence electrons. The maximum absolute atomic E-state index is 13.6. The first-order valence-electron chi connectivity index (χ1n) is 11.4. The van der Waals surface area contributed by atoms with Crippen molar-refractivity contribution in [2.45, 2.75) is 12.5 Å². The van der Waals surface area contributed by atoms with Gasteiger partial charge in [-0.1, -0.05) is 88.9 Å². The third-order valence-corrected chi connectivity index (χ3v) is 7.45. The lowest BCUT2D eigenvalue weighted by Gasteiger charge is -2.32. The average molecular weight is 575 g/mol. The van der Waals surface area contributed by atoms with Gasteiger partial charge in [-0.25, -0.2) is 5.43 Å². The minimum Gasteiger partial charge on any atom is -0.332 e. The number of nitrogens with two attached hydrogens (primary N) is 1. The summed E-state index contributed by atoms with van der Waals surface area (Å²) in [6.07, 6.45) is 3.84. The summed E-state index contributed by atoms with van der Waals surface area (Å²) in [5.74, 6) is 5.38. The van der Waals surface area contributed by atoms with Gasteiger partial charge in [-0.3, -0.25) is 15.4 Å². The van der Waals surface area contributed by atoms with Crippen molar-refractivity contribution in [1.29, 1.82) is 0 Å². The van der Waals surface area contributed by atoms with Crippen LogP contribution in [0.4, 0.5) is 0 Å². The van der Waals surface area contributed by atoms with Crippen molar-refractivity contribution in [3.63, 3.8) is 0 Å². The molecule has 4 rings (SSSR count). The zero-order valence-corrected chi connectivity index (χ0v) is 22.6. The van der Waals surface area contributed by atoms with Crippen LogP contribution in [0, 0.1) is 0 Å². The molecule has 9 heteroatoms. The second-order valence-electron chi connectivity index (χ2n) is 8.62. The molecule has 1 aliphatic rings. The Morgan fingerprint density at radius 3 is 1.81 bits per heavy atom. The summed E-state index contributed by atoms with van der Waals surface area (Å²) in [6.45, 7) is 0.229. The van der Waals surface area contributed by atoms with Gasteiger partial charge in [0.05, 0.1) is 20.1 Å². The number of nitrogens with zero attached hydrogens (tertiary/aromatic N) is 1. The Kier molecular flexibility index (Phi) is 9.08. The summed E-state index contributed by atoms with van der Waals surface area (Å²) >= 11 is 24.5. The van der Waals surface area contributed by atoms with Gasteiger partial charge in [-0.15, -0.1) is 0 Å². The molecule has 1 saturated heterocycles. The highest BCUT2D eigenvalue weighted by atomic mass is 35.5. The number of hydrazine groups is 1. The van der Waals surface area contributed by atoms with E-state index in [4.69, 9.17) is 52.2 Å². The molecule has 0 bridgehead atoms. The van der Waals surface area contributed by atoms with Crippen LogP contribution in [0.5, 0.6) is 0 Å². The van der Waals surface area contributed by atoms with Crippen molar-refractivity contribution < 1.29 is 9.59 Å². The molecule has 1 unspecified atom stereocenters. The summed E-state index contributed by atoms with van der Waals surface area (Å²) < 4.78 is 0. The Morgan fingerprint density at radius 1 is 0.838 bits per heavy atom. The number of rotatable bonds is 6. The smallest absolute Gasteiger partial charge is 0.242 e. The summed E-state index contributed by atoms with van der Waals surface area (Å²) in [6, 6.07) is 19.1. The molecule has 1 aliphatic heterocycles. The summed E-state index contributed by atoms with van der Waals surface area (Å²) in [7, 11) is 0. The van der Waals surface area contributed by atoms with Crippen LogP contribution in [0.25, 0.3) is 12.2 Å². The van der Waals surface area contributed by atoms with E-state index >= 15 is 0 Å². The predicted molar refractivity (Wildman–Crippen MR) is 152 cm³/mol. The molecule has 37 heavy (non-hydrogen) atoms. The van der Waals surface area contributed by atoms with Gasteiger partial charge in [0.15, 0.2) is 5.78 Å². The van der Waals surface area contributed by atoms with Gasteiger partial charge in [0.25, 0.3) is 0 Å². The number of carbonyl (C=O) groups is 2. The van der Waals surface area contributed by atoms with Crippen molar-refractivity contribution in [2.75, 3.05) is 13.1 Å². The number of likely N-dealkylation sites (tertiary alicyclic amines) is 1. The second-order valence-corrected chi connectivity index (χ2v) is 10.2. The minimum atomic E-state index is -0.673. The lowest BCUT2D eigenvalue weighted by atomic mass is 9.93. The molecule has 1 amide bonds. The Balaban J connectivity index is 1.70. The standard InChI is InChI=1S/C28H23Cl4N3O2/c29-22-8-6-18(12-24(22)31)10-20-15-35(28(37)26(34-33)14-17-4-2-1-3-5-17)16-21(27(20)36)11-19-7-9-23(30)25(32)13-19/h1-13,26,34H,14-16,33H2/b20-10+,21-11+. The SMILES string of the molecule is NNC(Cc1ccccc1)C(=O)N1C/C(=C\c2ccc(Cl)c(Cl)c2)C(=O)/C(=C/c2ccc(Cl)c(Cl)c2)C1. The molecule has 0 radical (unpaired) electrons. The monoisotopic (exact) mass is 573 g/mol. The quantitative estimate of drug-likeness (QED) is 0.207. The molecule has 0 aromatic heterocycles. The minimum absolute atomic E-state index is 0.115. The second kappa shape index (κ2) is 12.3. The van der Waals surface area contributed by atoms with Gasteiger partial charge < -0.3 is 4.90 Å². The maximum atomic E-state index is 13.6. The normalized spacial score (nSPS) is 16.9. The first-order valence-corrected chi connectivity index (χ1v) is 12.9. The molecular weight excluding hydrogens is 552 g/mol. The zero-order valence-electron chi connectivity index (χ0n) is 19.6. The van der Waals surface area contributed by atoms with Crippen LogP contribution >= 0.6 is 46.4 Å². The number of amides is 1. The highest BCUT2D eigenvalue weighted by Gasteiger charge is 2.32. The van der Waals surface area contributed by atoms with Crippen LogP contribution in [0.2, 0.25) is 20.1 Å². The van der Waals surface area contributed by atoms with Crippen LogP contribution in [0.3, 0.4) is 0 Å². The van der Waals surface area contributed by atoms with E-state index < -0.39 is 6.04 Å². The van der Waals surface area contributed by atoms with Crippen molar-refractivity contribution in [3.05, 3.63) is 115 Å². The van der Waals surface area contributed by atoms with Crippen LogP contribution in [0.1, 0.15) is 16.7 Å². The van der Waals surface area contributed by atoms with Crippen LogP contribution in [-0.2, 0) is 16.0 Å². The number of benzene rings is 3. The molecule has 0 aliphatic carbocycles. The maximum Gasteiger partial charge on any atom is 0.242 e. The third kappa shape index (κ3) is 6.82. The molecule has 0 spiro atoms. The molecule has 1 fully saturated rings. The van der Waals surface area contributed by atoms with Crippen LogP contribution in [0.15, 0.2) is 77.9 Å². The average Bonchev–Trinajstić information content (AvgIpc) is 2.89. The summed E-state index contributed by atoms with van der Waals surface area (Å²) in [4.78, 5) is 28.7. The third-order valence-electron chi connectivity index (χ3n) is 5.97.